The number of hydrogen-bond acceptors (Lipinski definition) is 1. The monoisotopic (exact) mass is 337 g/mol. The van der Waals surface area contributed by atoms with E-state index in [0.717, 1.165) is 12.8 Å². The average molecular weight is 337 g/mol. The van der Waals surface area contributed by atoms with Crippen molar-refractivity contribution in [2.75, 3.05) is 0 Å². The third-order valence-electron chi connectivity index (χ3n) is 2.75. The highest BCUT2D eigenvalue weighted by Crippen LogP contribution is 2.10. The molecule has 0 aliphatic rings. The van der Waals surface area contributed by atoms with Gasteiger partial charge in [-0.1, -0.05) is 42.5 Å². The topological polar surface area (TPSA) is 26.0 Å². The molecule has 0 radical (unpaired) electrons. The molecule has 2 heteroatoms. The van der Waals surface area contributed by atoms with E-state index >= 15 is 0 Å². The van der Waals surface area contributed by atoms with Gasteiger partial charge in [0.25, 0.3) is 0 Å². The van der Waals surface area contributed by atoms with Crippen molar-refractivity contribution in [2.45, 2.75) is 18.9 Å². The lowest BCUT2D eigenvalue weighted by Gasteiger charge is -2.11. The summed E-state index contributed by atoms with van der Waals surface area (Å²) in [6.07, 6.45) is 1.87. The van der Waals surface area contributed by atoms with Gasteiger partial charge in [0.1, 0.15) is 0 Å². The van der Waals surface area contributed by atoms with Crippen molar-refractivity contribution in [1.82, 2.24) is 0 Å². The maximum Gasteiger partial charge on any atom is 0.0130 e. The van der Waals surface area contributed by atoms with E-state index in [2.05, 4.69) is 71.1 Å². The van der Waals surface area contributed by atoms with Gasteiger partial charge in [-0.3, -0.25) is 0 Å². The van der Waals surface area contributed by atoms with Gasteiger partial charge in [-0.25, -0.2) is 0 Å². The fraction of sp³-hybridized carbons (Fsp3) is 0.200. The van der Waals surface area contributed by atoms with Gasteiger partial charge in [0.05, 0.1) is 0 Å². The second-order valence-electron chi connectivity index (χ2n) is 4.28. The highest BCUT2D eigenvalue weighted by molar-refractivity contribution is 14.1. The molecule has 0 spiro atoms. The van der Waals surface area contributed by atoms with Crippen LogP contribution in [0, 0.1) is 3.57 Å². The summed E-state index contributed by atoms with van der Waals surface area (Å²) in [5.74, 6) is 0. The third kappa shape index (κ3) is 4.13. The van der Waals surface area contributed by atoms with Crippen LogP contribution in [0.5, 0.6) is 0 Å². The van der Waals surface area contributed by atoms with Crippen LogP contribution in [-0.4, -0.2) is 6.04 Å². The van der Waals surface area contributed by atoms with Gasteiger partial charge in [-0.2, -0.15) is 0 Å². The highest BCUT2D eigenvalue weighted by atomic mass is 127. The normalized spacial score (nSPS) is 12.4. The molecule has 0 bridgehead atoms. The molecule has 0 saturated carbocycles. The molecule has 17 heavy (non-hydrogen) atoms. The molecule has 0 aromatic heterocycles. The van der Waals surface area contributed by atoms with Gasteiger partial charge in [-0.05, 0) is 58.7 Å². The molecule has 2 N–H and O–H groups in total. The molecular formula is C15H16IN. The average Bonchev–Trinajstić information content (AvgIpc) is 2.33. The Morgan fingerprint density at radius 1 is 0.824 bits per heavy atom. The number of benzene rings is 2. The first-order chi connectivity index (χ1) is 8.24. The van der Waals surface area contributed by atoms with Crippen molar-refractivity contribution < 1.29 is 0 Å². The van der Waals surface area contributed by atoms with Crippen LogP contribution in [0.1, 0.15) is 11.1 Å². The Morgan fingerprint density at radius 2 is 1.35 bits per heavy atom. The Morgan fingerprint density at radius 3 is 1.94 bits per heavy atom. The summed E-state index contributed by atoms with van der Waals surface area (Å²) in [6.45, 7) is 0. The summed E-state index contributed by atoms with van der Waals surface area (Å²) < 4.78 is 1.27. The fourth-order valence-corrected chi connectivity index (χ4v) is 2.27. The van der Waals surface area contributed by atoms with E-state index in [0.29, 0.717) is 0 Å². The molecule has 1 nitrogen and oxygen atoms in total. The summed E-state index contributed by atoms with van der Waals surface area (Å²) >= 11 is 2.32. The minimum atomic E-state index is 0.192. The molecular weight excluding hydrogens is 321 g/mol. The van der Waals surface area contributed by atoms with Crippen molar-refractivity contribution in [2.24, 2.45) is 5.73 Å². The first-order valence-corrected chi connectivity index (χ1v) is 6.86. The number of nitrogens with two attached hydrogens (primary N) is 1. The molecule has 0 aliphatic heterocycles. The van der Waals surface area contributed by atoms with Crippen LogP contribution in [0.2, 0.25) is 0 Å². The fourth-order valence-electron chi connectivity index (χ4n) is 1.91. The molecule has 1 atom stereocenters. The Kier molecular flexibility index (Phi) is 4.57. The predicted molar refractivity (Wildman–Crippen MR) is 81.0 cm³/mol. The van der Waals surface area contributed by atoms with Gasteiger partial charge in [-0.15, -0.1) is 0 Å². The SMILES string of the molecule is NC(Cc1ccccc1)Cc1ccc(I)cc1. The maximum atomic E-state index is 6.17. The molecule has 88 valence electrons. The van der Waals surface area contributed by atoms with Gasteiger partial charge < -0.3 is 5.73 Å². The van der Waals surface area contributed by atoms with Gasteiger partial charge >= 0.3 is 0 Å². The van der Waals surface area contributed by atoms with E-state index in [1.54, 1.807) is 0 Å². The minimum absolute atomic E-state index is 0.192. The van der Waals surface area contributed by atoms with Gasteiger partial charge in [0.15, 0.2) is 0 Å². The third-order valence-corrected chi connectivity index (χ3v) is 3.47. The first kappa shape index (κ1) is 12.6. The molecule has 1 unspecified atom stereocenters. The van der Waals surface area contributed by atoms with Crippen LogP contribution >= 0.6 is 22.6 Å². The Balaban J connectivity index is 1.93. The van der Waals surface area contributed by atoms with Crippen molar-refractivity contribution in [1.29, 1.82) is 0 Å². The quantitative estimate of drug-likeness (QED) is 0.851. The van der Waals surface area contributed by atoms with E-state index in [4.69, 9.17) is 5.73 Å². The first-order valence-electron chi connectivity index (χ1n) is 5.78. The molecule has 0 fully saturated rings. The molecule has 0 heterocycles. The van der Waals surface area contributed by atoms with Crippen LogP contribution in [0.25, 0.3) is 0 Å². The summed E-state index contributed by atoms with van der Waals surface area (Å²) in [5, 5.41) is 0. The van der Waals surface area contributed by atoms with Crippen LogP contribution in [-0.2, 0) is 12.8 Å². The molecule has 2 rings (SSSR count). The maximum absolute atomic E-state index is 6.17. The highest BCUT2D eigenvalue weighted by Gasteiger charge is 2.05. The summed E-state index contributed by atoms with van der Waals surface area (Å²) in [6, 6.07) is 19.2. The van der Waals surface area contributed by atoms with Crippen LogP contribution in [0.4, 0.5) is 0 Å². The zero-order chi connectivity index (χ0) is 12.1. The zero-order valence-corrected chi connectivity index (χ0v) is 11.8. The van der Waals surface area contributed by atoms with E-state index in [1.807, 2.05) is 6.07 Å². The van der Waals surface area contributed by atoms with Gasteiger partial charge in [0.2, 0.25) is 0 Å². The largest absolute Gasteiger partial charge is 0.327 e. The molecule has 0 saturated heterocycles. The number of hydrogen-bond donors (Lipinski definition) is 1. The number of rotatable bonds is 4. The molecule has 0 aliphatic carbocycles. The Hall–Kier alpha value is -0.870. The lowest BCUT2D eigenvalue weighted by Crippen LogP contribution is -2.25. The second-order valence-corrected chi connectivity index (χ2v) is 5.53. The van der Waals surface area contributed by atoms with Crippen LogP contribution in [0.3, 0.4) is 0 Å². The van der Waals surface area contributed by atoms with Crippen molar-refractivity contribution >= 4 is 22.6 Å². The lowest BCUT2D eigenvalue weighted by atomic mass is 10.00. The van der Waals surface area contributed by atoms with E-state index < -0.39 is 0 Å². The standard InChI is InChI=1S/C15H16IN/c16-14-8-6-13(7-9-14)11-15(17)10-12-4-2-1-3-5-12/h1-9,15H,10-11,17H2. The predicted octanol–water partition coefficient (Wildman–Crippen LogP) is 3.40. The Bertz CT molecular complexity index is 450. The van der Waals surface area contributed by atoms with Crippen LogP contribution < -0.4 is 5.73 Å². The van der Waals surface area contributed by atoms with E-state index in [-0.39, 0.29) is 6.04 Å². The molecule has 2 aromatic rings. The van der Waals surface area contributed by atoms with E-state index in [9.17, 15) is 0 Å². The summed E-state index contributed by atoms with van der Waals surface area (Å²) in [7, 11) is 0. The molecule has 0 amide bonds. The summed E-state index contributed by atoms with van der Waals surface area (Å²) in [4.78, 5) is 0. The number of halogens is 1. The van der Waals surface area contributed by atoms with E-state index in [1.165, 1.54) is 14.7 Å². The lowest BCUT2D eigenvalue weighted by molar-refractivity contribution is 0.665. The zero-order valence-electron chi connectivity index (χ0n) is 9.64. The van der Waals surface area contributed by atoms with Crippen LogP contribution in [0.15, 0.2) is 54.6 Å². The van der Waals surface area contributed by atoms with Crippen molar-refractivity contribution in [3.8, 4) is 0 Å². The minimum Gasteiger partial charge on any atom is -0.327 e. The van der Waals surface area contributed by atoms with Crippen molar-refractivity contribution in [3.63, 3.8) is 0 Å². The van der Waals surface area contributed by atoms with Crippen molar-refractivity contribution in [3.05, 3.63) is 69.3 Å². The van der Waals surface area contributed by atoms with Gasteiger partial charge in [0, 0.05) is 9.61 Å². The molecule has 2 aromatic carbocycles. The second kappa shape index (κ2) is 6.17. The summed E-state index contributed by atoms with van der Waals surface area (Å²) in [5.41, 5.74) is 8.80. The smallest absolute Gasteiger partial charge is 0.0130 e. The Labute approximate surface area is 116 Å².